The number of aliphatic hydroxyl groups excluding tert-OH is 1. The highest BCUT2D eigenvalue weighted by atomic mass is 32.2. The first-order valence-electron chi connectivity index (χ1n) is 5.52. The van der Waals surface area contributed by atoms with E-state index in [-0.39, 0.29) is 12.2 Å². The molecule has 1 atom stereocenters. The Labute approximate surface area is 109 Å². The van der Waals surface area contributed by atoms with E-state index in [0.29, 0.717) is 6.42 Å². The number of rotatable bonds is 5. The van der Waals surface area contributed by atoms with E-state index in [4.69, 9.17) is 0 Å². The van der Waals surface area contributed by atoms with Gasteiger partial charge in [0, 0.05) is 6.54 Å². The Balaban J connectivity index is 3.10. The smallest absolute Gasteiger partial charge is 0.391 e. The molecule has 108 valence electrons. The van der Waals surface area contributed by atoms with Crippen molar-refractivity contribution in [3.05, 3.63) is 24.3 Å². The number of hydrogen-bond acceptors (Lipinski definition) is 4. The van der Waals surface area contributed by atoms with Gasteiger partial charge in [-0.15, -0.1) is 0 Å². The molecular weight excluding hydrogens is 283 g/mol. The van der Waals surface area contributed by atoms with Crippen LogP contribution in [0.4, 0.5) is 18.9 Å². The summed E-state index contributed by atoms with van der Waals surface area (Å²) in [6, 6.07) is 4.72. The molecule has 0 aliphatic carbocycles. The van der Waals surface area contributed by atoms with E-state index < -0.39 is 26.3 Å². The van der Waals surface area contributed by atoms with Gasteiger partial charge in [0.15, 0.2) is 0 Å². The van der Waals surface area contributed by atoms with Crippen molar-refractivity contribution in [2.45, 2.75) is 29.9 Å². The van der Waals surface area contributed by atoms with Crippen LogP contribution in [0.25, 0.3) is 0 Å². The third-order valence-electron chi connectivity index (χ3n) is 2.48. The molecule has 2 N–H and O–H groups in total. The molecule has 0 aliphatic heterocycles. The molecule has 0 saturated heterocycles. The van der Waals surface area contributed by atoms with E-state index >= 15 is 0 Å². The second kappa shape index (κ2) is 5.79. The van der Waals surface area contributed by atoms with E-state index in [1.165, 1.54) is 18.2 Å². The maximum Gasteiger partial charge on any atom is 0.501 e. The van der Waals surface area contributed by atoms with Crippen molar-refractivity contribution in [1.29, 1.82) is 0 Å². The maximum atomic E-state index is 12.5. The molecule has 1 aromatic carbocycles. The Kier molecular flexibility index (Phi) is 4.81. The molecule has 0 amide bonds. The van der Waals surface area contributed by atoms with Crippen molar-refractivity contribution < 1.29 is 26.7 Å². The van der Waals surface area contributed by atoms with Crippen LogP contribution in [0.15, 0.2) is 29.2 Å². The van der Waals surface area contributed by atoms with Gasteiger partial charge >= 0.3 is 5.51 Å². The average molecular weight is 297 g/mol. The van der Waals surface area contributed by atoms with Gasteiger partial charge in [-0.2, -0.15) is 13.2 Å². The number of alkyl halides is 3. The van der Waals surface area contributed by atoms with Gasteiger partial charge in [-0.25, -0.2) is 8.42 Å². The molecule has 8 heteroatoms. The SMILES string of the molecule is CCC(O)CNc1ccccc1S(=O)(=O)C(F)(F)F. The molecule has 0 spiro atoms. The number of halogens is 3. The van der Waals surface area contributed by atoms with Crippen molar-refractivity contribution in [2.24, 2.45) is 0 Å². The molecule has 0 saturated carbocycles. The standard InChI is InChI=1S/C11H14F3NO3S/c1-2-8(16)7-15-9-5-3-4-6-10(9)19(17,18)11(12,13)14/h3-6,8,15-16H,2,7H2,1H3. The highest BCUT2D eigenvalue weighted by Crippen LogP contribution is 2.34. The first-order valence-corrected chi connectivity index (χ1v) is 7.00. The minimum Gasteiger partial charge on any atom is -0.391 e. The fourth-order valence-electron chi connectivity index (χ4n) is 1.34. The molecule has 19 heavy (non-hydrogen) atoms. The Morgan fingerprint density at radius 3 is 2.42 bits per heavy atom. The Hall–Kier alpha value is -1.28. The van der Waals surface area contributed by atoms with Crippen LogP contribution < -0.4 is 5.32 Å². The van der Waals surface area contributed by atoms with E-state index in [1.54, 1.807) is 6.92 Å². The largest absolute Gasteiger partial charge is 0.501 e. The quantitative estimate of drug-likeness (QED) is 0.874. The predicted octanol–water partition coefficient (Wildman–Crippen LogP) is 2.16. The molecule has 1 aromatic rings. The summed E-state index contributed by atoms with van der Waals surface area (Å²) in [7, 11) is -5.41. The number of benzene rings is 1. The number of aliphatic hydroxyl groups is 1. The third kappa shape index (κ3) is 3.60. The molecule has 0 bridgehead atoms. The predicted molar refractivity (Wildman–Crippen MR) is 64.5 cm³/mol. The molecule has 0 radical (unpaired) electrons. The molecule has 0 aliphatic rings. The normalized spacial score (nSPS) is 14.2. The summed E-state index contributed by atoms with van der Waals surface area (Å²) in [5.74, 6) is 0. The van der Waals surface area contributed by atoms with Crippen LogP contribution in [0.2, 0.25) is 0 Å². The molecule has 0 fully saturated rings. The first kappa shape index (κ1) is 15.8. The van der Waals surface area contributed by atoms with Crippen LogP contribution >= 0.6 is 0 Å². The summed E-state index contributed by atoms with van der Waals surface area (Å²) >= 11 is 0. The van der Waals surface area contributed by atoms with Crippen LogP contribution in [-0.4, -0.2) is 31.7 Å². The lowest BCUT2D eigenvalue weighted by Crippen LogP contribution is -2.25. The average Bonchev–Trinajstić information content (AvgIpc) is 2.34. The topological polar surface area (TPSA) is 66.4 Å². The van der Waals surface area contributed by atoms with Crippen LogP contribution in [0.3, 0.4) is 0 Å². The molecule has 1 unspecified atom stereocenters. The van der Waals surface area contributed by atoms with Crippen molar-refractivity contribution in [3.8, 4) is 0 Å². The molecule has 1 rings (SSSR count). The summed E-state index contributed by atoms with van der Waals surface area (Å²) in [5, 5.41) is 11.9. The van der Waals surface area contributed by atoms with Crippen molar-refractivity contribution in [2.75, 3.05) is 11.9 Å². The third-order valence-corrected chi connectivity index (χ3v) is 4.03. The maximum absolute atomic E-state index is 12.5. The molecule has 0 aromatic heterocycles. The van der Waals surface area contributed by atoms with Crippen LogP contribution in [0, 0.1) is 0 Å². The highest BCUT2D eigenvalue weighted by Gasteiger charge is 2.47. The Bertz CT molecular complexity index is 528. The van der Waals surface area contributed by atoms with Gasteiger partial charge in [0.1, 0.15) is 0 Å². The van der Waals surface area contributed by atoms with Crippen LogP contribution in [-0.2, 0) is 9.84 Å². The van der Waals surface area contributed by atoms with E-state index in [1.807, 2.05) is 0 Å². The van der Waals surface area contributed by atoms with Gasteiger partial charge < -0.3 is 10.4 Å². The summed E-state index contributed by atoms with van der Waals surface area (Å²) in [6.07, 6.45) is -0.358. The zero-order valence-corrected chi connectivity index (χ0v) is 10.9. The van der Waals surface area contributed by atoms with Gasteiger partial charge in [-0.1, -0.05) is 19.1 Å². The van der Waals surface area contributed by atoms with E-state index in [2.05, 4.69) is 5.32 Å². The van der Waals surface area contributed by atoms with Crippen LogP contribution in [0.1, 0.15) is 13.3 Å². The number of nitrogens with one attached hydrogen (secondary N) is 1. The van der Waals surface area contributed by atoms with Crippen molar-refractivity contribution >= 4 is 15.5 Å². The molecular formula is C11H14F3NO3S. The minimum absolute atomic E-state index is 0.0269. The van der Waals surface area contributed by atoms with Crippen LogP contribution in [0.5, 0.6) is 0 Å². The fourth-order valence-corrected chi connectivity index (χ4v) is 2.28. The number of para-hydroxylation sites is 1. The highest BCUT2D eigenvalue weighted by molar-refractivity contribution is 7.92. The molecule has 0 heterocycles. The zero-order valence-electron chi connectivity index (χ0n) is 10.1. The van der Waals surface area contributed by atoms with Crippen molar-refractivity contribution in [1.82, 2.24) is 0 Å². The summed E-state index contributed by atoms with van der Waals surface area (Å²) in [4.78, 5) is -0.842. The monoisotopic (exact) mass is 297 g/mol. The Morgan fingerprint density at radius 2 is 1.89 bits per heavy atom. The number of anilines is 1. The minimum atomic E-state index is -5.41. The van der Waals surface area contributed by atoms with E-state index in [9.17, 15) is 26.7 Å². The number of sulfone groups is 1. The van der Waals surface area contributed by atoms with Gasteiger partial charge in [0.25, 0.3) is 9.84 Å². The Morgan fingerprint density at radius 1 is 1.32 bits per heavy atom. The second-order valence-corrected chi connectivity index (χ2v) is 5.80. The number of hydrogen-bond donors (Lipinski definition) is 2. The van der Waals surface area contributed by atoms with Gasteiger partial charge in [0.2, 0.25) is 0 Å². The summed E-state index contributed by atoms with van der Waals surface area (Å²) in [6.45, 7) is 1.67. The van der Waals surface area contributed by atoms with Gasteiger partial charge in [0.05, 0.1) is 16.7 Å². The van der Waals surface area contributed by atoms with Gasteiger partial charge in [-0.05, 0) is 18.6 Å². The van der Waals surface area contributed by atoms with Crippen molar-refractivity contribution in [3.63, 3.8) is 0 Å². The summed E-state index contributed by atoms with van der Waals surface area (Å²) in [5.41, 5.74) is -5.53. The lowest BCUT2D eigenvalue weighted by atomic mass is 10.2. The second-order valence-electron chi connectivity index (χ2n) is 3.89. The lowest BCUT2D eigenvalue weighted by Gasteiger charge is -2.15. The lowest BCUT2D eigenvalue weighted by molar-refractivity contribution is -0.0435. The zero-order chi connectivity index (χ0) is 14.7. The van der Waals surface area contributed by atoms with E-state index in [0.717, 1.165) is 6.07 Å². The first-order chi connectivity index (χ1) is 8.70. The molecule has 4 nitrogen and oxygen atoms in total. The van der Waals surface area contributed by atoms with Gasteiger partial charge in [-0.3, -0.25) is 0 Å². The summed E-state index contributed by atoms with van der Waals surface area (Å²) < 4.78 is 60.2. The fraction of sp³-hybridized carbons (Fsp3) is 0.455.